The maximum absolute atomic E-state index is 5.17. The van der Waals surface area contributed by atoms with Crippen LogP contribution in [0.5, 0.6) is 0 Å². The first-order valence-corrected chi connectivity index (χ1v) is 6.91. The number of aromatic nitrogens is 3. The predicted molar refractivity (Wildman–Crippen MR) is 70.7 cm³/mol. The second kappa shape index (κ2) is 5.52. The molecule has 0 aliphatic rings. The van der Waals surface area contributed by atoms with E-state index in [1.54, 1.807) is 18.4 Å². The maximum Gasteiger partial charge on any atom is 0.205 e. The summed E-state index contributed by atoms with van der Waals surface area (Å²) in [7, 11) is 3.51. The third-order valence-corrected chi connectivity index (χ3v) is 4.49. The molecule has 0 radical (unpaired) electrons. The average Bonchev–Trinajstić information content (AvgIpc) is 2.95. The number of hydrogen-bond donors (Lipinski definition) is 1. The fourth-order valence-corrected chi connectivity index (χ4v) is 3.17. The predicted octanol–water partition coefficient (Wildman–Crippen LogP) is 2.41. The summed E-state index contributed by atoms with van der Waals surface area (Å²) in [6.45, 7) is 2.61. The Hall–Kier alpha value is -1.05. The first kappa shape index (κ1) is 12.4. The van der Waals surface area contributed by atoms with Crippen molar-refractivity contribution in [3.63, 3.8) is 0 Å². The molecule has 0 amide bonds. The maximum atomic E-state index is 5.17. The highest BCUT2D eigenvalue weighted by molar-refractivity contribution is 7.23. The van der Waals surface area contributed by atoms with Crippen molar-refractivity contribution < 1.29 is 4.74 Å². The molecule has 0 unspecified atom stereocenters. The Labute approximate surface area is 108 Å². The summed E-state index contributed by atoms with van der Waals surface area (Å²) in [6, 6.07) is 0. The molecule has 0 fully saturated rings. The van der Waals surface area contributed by atoms with Crippen molar-refractivity contribution in [3.05, 3.63) is 10.7 Å². The van der Waals surface area contributed by atoms with Gasteiger partial charge in [-0.1, -0.05) is 18.3 Å². The molecule has 7 heteroatoms. The van der Waals surface area contributed by atoms with E-state index in [9.17, 15) is 0 Å². The molecular formula is C10H14N4OS2. The average molecular weight is 270 g/mol. The summed E-state index contributed by atoms with van der Waals surface area (Å²) >= 11 is 3.20. The lowest BCUT2D eigenvalue weighted by Gasteiger charge is -1.95. The monoisotopic (exact) mass is 270 g/mol. The van der Waals surface area contributed by atoms with Gasteiger partial charge in [0.05, 0.1) is 22.2 Å². The minimum absolute atomic E-state index is 0.514. The van der Waals surface area contributed by atoms with Crippen LogP contribution in [0.25, 0.3) is 9.88 Å². The normalized spacial score (nSPS) is 10.8. The van der Waals surface area contributed by atoms with Gasteiger partial charge in [0, 0.05) is 14.2 Å². The molecule has 0 bridgehead atoms. The molecule has 0 spiro atoms. The molecular weight excluding hydrogens is 256 g/mol. The number of nitrogens with zero attached hydrogens (tertiary/aromatic N) is 3. The highest BCUT2D eigenvalue weighted by Crippen LogP contribution is 2.34. The lowest BCUT2D eigenvalue weighted by atomic mass is 10.4. The standard InChI is InChI=1S/C10H14N4OS2/c1-4-7-12-6(5-15-3)8(16-7)9-13-14-10(11-2)17-9/h4-5H2,1-3H3,(H,11,14). The van der Waals surface area contributed by atoms with Gasteiger partial charge in [-0.05, 0) is 6.42 Å². The van der Waals surface area contributed by atoms with Gasteiger partial charge < -0.3 is 10.1 Å². The Kier molecular flexibility index (Phi) is 4.03. The zero-order chi connectivity index (χ0) is 12.3. The minimum Gasteiger partial charge on any atom is -0.378 e. The number of nitrogens with one attached hydrogen (secondary N) is 1. The van der Waals surface area contributed by atoms with E-state index in [4.69, 9.17) is 4.74 Å². The van der Waals surface area contributed by atoms with Crippen molar-refractivity contribution in [2.75, 3.05) is 19.5 Å². The summed E-state index contributed by atoms with van der Waals surface area (Å²) in [5, 5.41) is 14.0. The van der Waals surface area contributed by atoms with E-state index in [2.05, 4.69) is 27.4 Å². The van der Waals surface area contributed by atoms with Crippen LogP contribution >= 0.6 is 22.7 Å². The van der Waals surface area contributed by atoms with Crippen LogP contribution in [-0.4, -0.2) is 29.3 Å². The van der Waals surface area contributed by atoms with E-state index in [-0.39, 0.29) is 0 Å². The van der Waals surface area contributed by atoms with Gasteiger partial charge in [0.25, 0.3) is 0 Å². The van der Waals surface area contributed by atoms with Gasteiger partial charge in [-0.3, -0.25) is 0 Å². The van der Waals surface area contributed by atoms with E-state index in [0.717, 1.165) is 32.1 Å². The number of ether oxygens (including phenoxy) is 1. The highest BCUT2D eigenvalue weighted by atomic mass is 32.1. The zero-order valence-corrected chi connectivity index (χ0v) is 11.6. The van der Waals surface area contributed by atoms with E-state index in [0.29, 0.717) is 6.61 Å². The van der Waals surface area contributed by atoms with Gasteiger partial charge in [-0.25, -0.2) is 4.98 Å². The van der Waals surface area contributed by atoms with Crippen molar-refractivity contribution in [3.8, 4) is 9.88 Å². The van der Waals surface area contributed by atoms with Crippen molar-refractivity contribution >= 4 is 27.8 Å². The largest absolute Gasteiger partial charge is 0.378 e. The number of anilines is 1. The summed E-state index contributed by atoms with van der Waals surface area (Å²) in [4.78, 5) is 5.61. The Balaban J connectivity index is 2.38. The zero-order valence-electron chi connectivity index (χ0n) is 9.98. The molecule has 2 rings (SSSR count). The van der Waals surface area contributed by atoms with Gasteiger partial charge in [-0.15, -0.1) is 21.5 Å². The number of aryl methyl sites for hydroxylation is 1. The Morgan fingerprint density at radius 2 is 2.12 bits per heavy atom. The molecule has 17 heavy (non-hydrogen) atoms. The van der Waals surface area contributed by atoms with Crippen LogP contribution in [0, 0.1) is 0 Å². The van der Waals surface area contributed by atoms with Crippen LogP contribution in [-0.2, 0) is 17.8 Å². The summed E-state index contributed by atoms with van der Waals surface area (Å²) in [6.07, 6.45) is 0.930. The summed E-state index contributed by atoms with van der Waals surface area (Å²) in [5.41, 5.74) is 0.952. The SMILES string of the molecule is CCc1nc(COC)c(-c2nnc(NC)s2)s1. The van der Waals surface area contributed by atoms with Crippen LogP contribution in [0.2, 0.25) is 0 Å². The minimum atomic E-state index is 0.514. The topological polar surface area (TPSA) is 59.9 Å². The van der Waals surface area contributed by atoms with Gasteiger partial charge in [0.2, 0.25) is 5.13 Å². The molecule has 0 aliphatic heterocycles. The first-order chi connectivity index (χ1) is 8.28. The molecule has 2 heterocycles. The Morgan fingerprint density at radius 3 is 2.71 bits per heavy atom. The second-order valence-corrected chi connectivity index (χ2v) is 5.39. The van der Waals surface area contributed by atoms with E-state index >= 15 is 0 Å². The molecule has 0 saturated carbocycles. The molecule has 2 aromatic rings. The molecule has 0 atom stereocenters. The third-order valence-electron chi connectivity index (χ3n) is 2.16. The second-order valence-electron chi connectivity index (χ2n) is 3.33. The smallest absolute Gasteiger partial charge is 0.205 e. The van der Waals surface area contributed by atoms with Crippen molar-refractivity contribution in [2.24, 2.45) is 0 Å². The molecule has 0 saturated heterocycles. The van der Waals surface area contributed by atoms with Crippen molar-refractivity contribution in [2.45, 2.75) is 20.0 Å². The van der Waals surface area contributed by atoms with Crippen LogP contribution in [0.1, 0.15) is 17.6 Å². The fourth-order valence-electron chi connectivity index (χ4n) is 1.37. The van der Waals surface area contributed by atoms with Gasteiger partial charge >= 0.3 is 0 Å². The molecule has 1 N–H and O–H groups in total. The van der Waals surface area contributed by atoms with E-state index in [1.807, 2.05) is 7.05 Å². The number of thiazole rings is 1. The van der Waals surface area contributed by atoms with E-state index in [1.165, 1.54) is 11.3 Å². The quantitative estimate of drug-likeness (QED) is 0.904. The summed E-state index contributed by atoms with van der Waals surface area (Å²) < 4.78 is 5.17. The number of methoxy groups -OCH3 is 1. The molecule has 2 aromatic heterocycles. The van der Waals surface area contributed by atoms with Crippen LogP contribution < -0.4 is 5.32 Å². The summed E-state index contributed by atoms with van der Waals surface area (Å²) in [5.74, 6) is 0. The van der Waals surface area contributed by atoms with E-state index < -0.39 is 0 Å². The molecule has 0 aromatic carbocycles. The van der Waals surface area contributed by atoms with Crippen LogP contribution in [0.3, 0.4) is 0 Å². The van der Waals surface area contributed by atoms with Gasteiger partial charge in [0.15, 0.2) is 5.01 Å². The van der Waals surface area contributed by atoms with Crippen molar-refractivity contribution in [1.29, 1.82) is 0 Å². The third kappa shape index (κ3) is 2.62. The lowest BCUT2D eigenvalue weighted by molar-refractivity contribution is 0.182. The fraction of sp³-hybridized carbons (Fsp3) is 0.500. The Morgan fingerprint density at radius 1 is 1.29 bits per heavy atom. The van der Waals surface area contributed by atoms with Crippen LogP contribution in [0.15, 0.2) is 0 Å². The molecule has 0 aliphatic carbocycles. The molecule has 5 nitrogen and oxygen atoms in total. The van der Waals surface area contributed by atoms with Crippen molar-refractivity contribution in [1.82, 2.24) is 15.2 Å². The van der Waals surface area contributed by atoms with Crippen LogP contribution in [0.4, 0.5) is 5.13 Å². The lowest BCUT2D eigenvalue weighted by Crippen LogP contribution is -1.90. The molecule has 92 valence electrons. The first-order valence-electron chi connectivity index (χ1n) is 5.27. The number of rotatable bonds is 5. The van der Waals surface area contributed by atoms with Gasteiger partial charge in [0.1, 0.15) is 0 Å². The van der Waals surface area contributed by atoms with Gasteiger partial charge in [-0.2, -0.15) is 0 Å². The number of hydrogen-bond acceptors (Lipinski definition) is 7. The Bertz CT molecular complexity index is 494. The highest BCUT2D eigenvalue weighted by Gasteiger charge is 2.16.